The van der Waals surface area contributed by atoms with Gasteiger partial charge in [-0.25, -0.2) is 4.79 Å². The van der Waals surface area contributed by atoms with Crippen LogP contribution in [0.1, 0.15) is 5.69 Å². The van der Waals surface area contributed by atoms with Crippen LogP contribution >= 0.6 is 0 Å². The maximum atomic E-state index is 12.7. The van der Waals surface area contributed by atoms with Gasteiger partial charge in [0.1, 0.15) is 0 Å². The highest BCUT2D eigenvalue weighted by Gasteiger charge is 2.17. The van der Waals surface area contributed by atoms with E-state index in [1.54, 1.807) is 11.1 Å². The summed E-state index contributed by atoms with van der Waals surface area (Å²) in [6.07, 6.45) is 1.72. The minimum atomic E-state index is -0.187. The van der Waals surface area contributed by atoms with Crippen LogP contribution in [0.25, 0.3) is 0 Å². The lowest BCUT2D eigenvalue weighted by atomic mass is 10.2. The number of hydrogen-bond donors (Lipinski definition) is 1. The number of pyridine rings is 1. The zero-order valence-corrected chi connectivity index (χ0v) is 12.6. The molecule has 0 saturated heterocycles. The molecule has 0 radical (unpaired) electrons. The lowest BCUT2D eigenvalue weighted by molar-refractivity contribution is 0.248. The van der Waals surface area contributed by atoms with Gasteiger partial charge in [0.25, 0.3) is 0 Å². The Morgan fingerprint density at radius 3 is 1.91 bits per heavy atom. The zero-order chi connectivity index (χ0) is 15.9. The molecule has 4 heteroatoms. The Morgan fingerprint density at radius 2 is 1.39 bits per heavy atom. The van der Waals surface area contributed by atoms with Crippen LogP contribution in [0.3, 0.4) is 0 Å². The van der Waals surface area contributed by atoms with E-state index in [4.69, 9.17) is 0 Å². The van der Waals surface area contributed by atoms with Crippen LogP contribution in [0, 0.1) is 0 Å². The van der Waals surface area contributed by atoms with Gasteiger partial charge in [-0.1, -0.05) is 42.5 Å². The maximum Gasteiger partial charge on any atom is 0.326 e. The van der Waals surface area contributed by atoms with E-state index < -0.39 is 0 Å². The van der Waals surface area contributed by atoms with Crippen molar-refractivity contribution in [1.29, 1.82) is 0 Å². The number of nitrogens with zero attached hydrogens (tertiary/aromatic N) is 2. The predicted molar refractivity (Wildman–Crippen MR) is 91.5 cm³/mol. The van der Waals surface area contributed by atoms with Gasteiger partial charge in [0.15, 0.2) is 0 Å². The van der Waals surface area contributed by atoms with E-state index in [0.29, 0.717) is 6.54 Å². The van der Waals surface area contributed by atoms with Crippen molar-refractivity contribution in [3.05, 3.63) is 90.8 Å². The quantitative estimate of drug-likeness (QED) is 0.787. The van der Waals surface area contributed by atoms with Crippen LogP contribution in [0.4, 0.5) is 16.2 Å². The Kier molecular flexibility index (Phi) is 4.64. The Morgan fingerprint density at radius 1 is 0.826 bits per heavy atom. The third-order valence-electron chi connectivity index (χ3n) is 3.38. The molecular formula is C19H17N3O. The smallest absolute Gasteiger partial charge is 0.326 e. The van der Waals surface area contributed by atoms with Crippen LogP contribution in [-0.4, -0.2) is 11.0 Å². The van der Waals surface area contributed by atoms with Crippen molar-refractivity contribution in [2.45, 2.75) is 6.54 Å². The lowest BCUT2D eigenvalue weighted by Crippen LogP contribution is -2.36. The summed E-state index contributed by atoms with van der Waals surface area (Å²) in [5.74, 6) is 0. The van der Waals surface area contributed by atoms with Gasteiger partial charge in [0.05, 0.1) is 23.6 Å². The highest BCUT2D eigenvalue weighted by Crippen LogP contribution is 2.24. The number of carbonyl (C=O) groups excluding carboxylic acids is 1. The first-order valence-corrected chi connectivity index (χ1v) is 7.42. The first-order valence-electron chi connectivity index (χ1n) is 7.42. The summed E-state index contributed by atoms with van der Waals surface area (Å²) in [5.41, 5.74) is 2.45. The largest absolute Gasteiger partial charge is 0.332 e. The molecule has 4 nitrogen and oxygen atoms in total. The van der Waals surface area contributed by atoms with Crippen LogP contribution in [0.5, 0.6) is 0 Å². The third kappa shape index (κ3) is 3.74. The number of hydrogen-bond acceptors (Lipinski definition) is 2. The summed E-state index contributed by atoms with van der Waals surface area (Å²) in [6.45, 7) is 0.385. The molecule has 3 aromatic rings. The topological polar surface area (TPSA) is 45.2 Å². The number of nitrogens with one attached hydrogen (secondary N) is 1. The fraction of sp³-hybridized carbons (Fsp3) is 0.0526. The summed E-state index contributed by atoms with van der Waals surface area (Å²) in [5, 5.41) is 2.92. The second-order valence-electron chi connectivity index (χ2n) is 4.99. The first-order chi connectivity index (χ1) is 11.3. The van der Waals surface area contributed by atoms with Crippen molar-refractivity contribution in [3.8, 4) is 0 Å². The highest BCUT2D eigenvalue weighted by molar-refractivity contribution is 5.99. The SMILES string of the molecule is O=C(NCc1ccccn1)N(c1ccccc1)c1ccccc1. The van der Waals surface area contributed by atoms with Gasteiger partial charge < -0.3 is 5.32 Å². The Balaban J connectivity index is 1.82. The van der Waals surface area contributed by atoms with E-state index in [1.165, 1.54) is 0 Å². The molecule has 0 aliphatic carbocycles. The molecule has 3 rings (SSSR count). The molecule has 0 atom stereocenters. The van der Waals surface area contributed by atoms with Gasteiger partial charge in [-0.2, -0.15) is 0 Å². The van der Waals surface area contributed by atoms with Crippen LogP contribution < -0.4 is 10.2 Å². The van der Waals surface area contributed by atoms with Crippen molar-refractivity contribution in [1.82, 2.24) is 10.3 Å². The van der Waals surface area contributed by atoms with E-state index in [9.17, 15) is 4.79 Å². The summed E-state index contributed by atoms with van der Waals surface area (Å²) in [7, 11) is 0. The molecule has 1 heterocycles. The zero-order valence-electron chi connectivity index (χ0n) is 12.6. The lowest BCUT2D eigenvalue weighted by Gasteiger charge is -2.23. The average Bonchev–Trinajstić information content (AvgIpc) is 2.63. The summed E-state index contributed by atoms with van der Waals surface area (Å²) < 4.78 is 0. The molecule has 1 aromatic heterocycles. The van der Waals surface area contributed by atoms with Gasteiger partial charge in [-0.3, -0.25) is 9.88 Å². The fourth-order valence-corrected chi connectivity index (χ4v) is 2.29. The molecule has 0 saturated carbocycles. The van der Waals surface area contributed by atoms with Gasteiger partial charge in [0, 0.05) is 6.20 Å². The molecule has 0 aliphatic heterocycles. The van der Waals surface area contributed by atoms with E-state index in [1.807, 2.05) is 78.9 Å². The molecule has 1 N–H and O–H groups in total. The molecule has 0 fully saturated rings. The molecule has 0 bridgehead atoms. The van der Waals surface area contributed by atoms with Crippen LogP contribution in [0.2, 0.25) is 0 Å². The molecule has 0 spiro atoms. The van der Waals surface area contributed by atoms with E-state index in [2.05, 4.69) is 10.3 Å². The summed E-state index contributed by atoms with van der Waals surface area (Å²) in [6, 6.07) is 24.6. The summed E-state index contributed by atoms with van der Waals surface area (Å²) in [4.78, 5) is 18.6. The first kappa shape index (κ1) is 14.8. The molecule has 0 aliphatic rings. The summed E-state index contributed by atoms with van der Waals surface area (Å²) >= 11 is 0. The molecular weight excluding hydrogens is 286 g/mol. The molecule has 2 aromatic carbocycles. The van der Waals surface area contributed by atoms with Crippen molar-refractivity contribution in [2.24, 2.45) is 0 Å². The minimum Gasteiger partial charge on any atom is -0.332 e. The molecule has 23 heavy (non-hydrogen) atoms. The average molecular weight is 303 g/mol. The van der Waals surface area contributed by atoms with Gasteiger partial charge in [-0.15, -0.1) is 0 Å². The Bertz CT molecular complexity index is 706. The van der Waals surface area contributed by atoms with Crippen molar-refractivity contribution >= 4 is 17.4 Å². The van der Waals surface area contributed by atoms with E-state index >= 15 is 0 Å². The maximum absolute atomic E-state index is 12.7. The number of amides is 2. The number of aromatic nitrogens is 1. The van der Waals surface area contributed by atoms with Crippen molar-refractivity contribution < 1.29 is 4.79 Å². The number of carbonyl (C=O) groups is 1. The van der Waals surface area contributed by atoms with Crippen molar-refractivity contribution in [3.63, 3.8) is 0 Å². The Hall–Kier alpha value is -3.14. The second kappa shape index (κ2) is 7.22. The van der Waals surface area contributed by atoms with Gasteiger partial charge in [-0.05, 0) is 36.4 Å². The molecule has 2 amide bonds. The number of urea groups is 1. The number of anilines is 2. The Labute approximate surface area is 135 Å². The minimum absolute atomic E-state index is 0.187. The third-order valence-corrected chi connectivity index (χ3v) is 3.38. The van der Waals surface area contributed by atoms with E-state index in [-0.39, 0.29) is 6.03 Å². The van der Waals surface area contributed by atoms with Crippen LogP contribution in [0.15, 0.2) is 85.1 Å². The van der Waals surface area contributed by atoms with Crippen LogP contribution in [-0.2, 0) is 6.54 Å². The fourth-order valence-electron chi connectivity index (χ4n) is 2.29. The van der Waals surface area contributed by atoms with E-state index in [0.717, 1.165) is 17.1 Å². The monoisotopic (exact) mass is 303 g/mol. The number of benzene rings is 2. The second-order valence-corrected chi connectivity index (χ2v) is 4.99. The van der Waals surface area contributed by atoms with Gasteiger partial charge >= 0.3 is 6.03 Å². The van der Waals surface area contributed by atoms with Crippen molar-refractivity contribution in [2.75, 3.05) is 4.90 Å². The van der Waals surface area contributed by atoms with Gasteiger partial charge in [0.2, 0.25) is 0 Å². The molecule has 0 unspecified atom stereocenters. The number of rotatable bonds is 4. The standard InChI is InChI=1S/C19H17N3O/c23-19(21-15-16-9-7-8-14-20-16)22(17-10-3-1-4-11-17)18-12-5-2-6-13-18/h1-14H,15H2,(H,21,23). The molecule has 114 valence electrons. The predicted octanol–water partition coefficient (Wildman–Crippen LogP) is 4.13. The number of para-hydroxylation sites is 2. The normalized spacial score (nSPS) is 10.1. The highest BCUT2D eigenvalue weighted by atomic mass is 16.2.